The molecule has 15 atom stereocenters. The highest BCUT2D eigenvalue weighted by Gasteiger charge is 2.52. The van der Waals surface area contributed by atoms with E-state index in [2.05, 4.69) is 20.5 Å². The maximum atomic E-state index is 14.9. The summed E-state index contributed by atoms with van der Waals surface area (Å²) >= 11 is 0. The maximum absolute atomic E-state index is 14.9. The van der Waals surface area contributed by atoms with Crippen LogP contribution in [-0.2, 0) is 49.3 Å². The number of benzene rings is 1. The number of nitrogens with two attached hydrogens (primary N) is 1. The van der Waals surface area contributed by atoms with Crippen molar-refractivity contribution in [3.8, 4) is 11.1 Å². The summed E-state index contributed by atoms with van der Waals surface area (Å²) in [5.74, 6) is -5.78. The van der Waals surface area contributed by atoms with Crippen molar-refractivity contribution in [3.63, 3.8) is 0 Å². The number of pyridine rings is 1. The Kier molecular flexibility index (Phi) is 20.5. The fourth-order valence-corrected chi connectivity index (χ4v) is 10.1. The number of aliphatic hydroxyl groups excluding tert-OH is 2. The van der Waals surface area contributed by atoms with Crippen LogP contribution in [0.2, 0.25) is 0 Å². The highest BCUT2D eigenvalue weighted by molar-refractivity contribution is 6.00. The molecular weight excluding hydrogens is 938 g/mol. The highest BCUT2D eigenvalue weighted by Crippen LogP contribution is 2.39. The number of Topliss-reactive ketones (excluding diaryl/α,β-unsaturated/α-hetero) is 1. The minimum Gasteiger partial charge on any atom is -0.459 e. The van der Waals surface area contributed by atoms with Gasteiger partial charge in [0.15, 0.2) is 12.1 Å². The Hall–Kier alpha value is -4.84. The fraction of sp³-hybridized carbons (Fsp3) is 0.667. The predicted octanol–water partition coefficient (Wildman–Crippen LogP) is 4.39. The number of hydrogen-bond donors (Lipinski definition) is 4. The van der Waals surface area contributed by atoms with Gasteiger partial charge in [-0.3, -0.25) is 19.4 Å². The monoisotopic (exact) mass is 1010 g/mol. The molecule has 2 saturated heterocycles. The average Bonchev–Trinajstić information content (AvgIpc) is 3.84. The van der Waals surface area contributed by atoms with E-state index in [0.717, 1.165) is 11.1 Å². The number of rotatable bonds is 18. The van der Waals surface area contributed by atoms with Gasteiger partial charge in [0.2, 0.25) is 6.79 Å². The number of halogens is 1. The molecule has 400 valence electrons. The van der Waals surface area contributed by atoms with Crippen molar-refractivity contribution in [1.29, 1.82) is 0 Å². The number of aliphatic hydroxyl groups is 3. The van der Waals surface area contributed by atoms with Crippen LogP contribution in [0.15, 0.2) is 53.9 Å². The highest BCUT2D eigenvalue weighted by atomic mass is 19.1. The van der Waals surface area contributed by atoms with Crippen LogP contribution >= 0.6 is 0 Å². The van der Waals surface area contributed by atoms with Crippen molar-refractivity contribution < 1.29 is 67.4 Å². The number of oxime groups is 1. The van der Waals surface area contributed by atoms with E-state index < -0.39 is 114 Å². The molecule has 21 heteroatoms. The molecule has 0 saturated carbocycles. The fourth-order valence-electron chi connectivity index (χ4n) is 10.1. The lowest BCUT2D eigenvalue weighted by molar-refractivity contribution is -0.295. The number of ketones is 1. The number of likely N-dealkylation sites (N-methyl/N-ethyl adjacent to an activating group) is 1. The van der Waals surface area contributed by atoms with Crippen LogP contribution < -0.4 is 5.73 Å². The number of ether oxygens (including phenoxy) is 6. The van der Waals surface area contributed by atoms with E-state index in [1.165, 1.54) is 39.9 Å². The third-order valence-electron chi connectivity index (χ3n) is 14.6. The lowest BCUT2D eigenvalue weighted by Crippen LogP contribution is -2.60. The standard InChI is InChI=1S/C51H76FN7O13/c1-13-40-51(8,65)45(62)30(4)41(56-69-27-66-10)28(2)23-50(7,68-12)46(31(5)42(60)32(6)48(64)71-40)72-49-43(61)38(22-29(3)70-49)58(9)21-20-36-26-59(57-55-36)39(24-52)44(67-11)34-16-14-33(15-17-34)35-18-19-37(47(53)63)54-25-35/h14-19,25-26,28-32,38-40,43-46,49,61-62,65H,13,20-24,27H2,1-12H3,(H2,53,63)/b56-41+/t28-,29-,30+,31+,32-,38+,39-,40-,43-,44-,45-,46-,49+,50-,51-/m1/s1. The number of esters is 1. The maximum Gasteiger partial charge on any atom is 0.316 e. The first kappa shape index (κ1) is 58.1. The molecule has 3 aromatic rings. The molecule has 0 radical (unpaired) electrons. The van der Waals surface area contributed by atoms with Crippen LogP contribution in [0.25, 0.3) is 11.1 Å². The van der Waals surface area contributed by atoms with Gasteiger partial charge in [0.1, 0.15) is 48.2 Å². The van der Waals surface area contributed by atoms with Gasteiger partial charge >= 0.3 is 5.97 Å². The summed E-state index contributed by atoms with van der Waals surface area (Å²) in [4.78, 5) is 51.2. The van der Waals surface area contributed by atoms with Crippen LogP contribution in [-0.4, -0.2) is 166 Å². The van der Waals surface area contributed by atoms with E-state index in [9.17, 15) is 34.1 Å². The van der Waals surface area contributed by atoms with Crippen LogP contribution in [0.1, 0.15) is 109 Å². The van der Waals surface area contributed by atoms with E-state index in [1.54, 1.807) is 52.2 Å². The van der Waals surface area contributed by atoms with Crippen molar-refractivity contribution in [2.24, 2.45) is 34.6 Å². The van der Waals surface area contributed by atoms with Gasteiger partial charge in [0.05, 0.1) is 35.3 Å². The Labute approximate surface area is 421 Å². The third-order valence-corrected chi connectivity index (χ3v) is 14.6. The number of alkyl halides is 1. The molecule has 0 aliphatic carbocycles. The zero-order valence-corrected chi connectivity index (χ0v) is 43.6. The lowest BCUT2D eigenvalue weighted by atomic mass is 9.74. The molecule has 2 aliphatic rings. The topological polar surface area (TPSA) is 262 Å². The number of amides is 1. The van der Waals surface area contributed by atoms with E-state index >= 15 is 0 Å². The number of primary amides is 1. The number of cyclic esters (lactones) is 1. The summed E-state index contributed by atoms with van der Waals surface area (Å²) in [6.45, 7) is 12.7. The molecule has 2 aromatic heterocycles. The molecule has 1 amide bonds. The van der Waals surface area contributed by atoms with Gasteiger partial charge < -0.3 is 59.2 Å². The first-order chi connectivity index (χ1) is 34.1. The number of carbonyl (C=O) groups is 3. The SMILES string of the molecule is CC[C@H]1OC(=O)[C@H](C)C(=O)[C@H](C)[C@@H](O[C@@H]2O[C@H](C)C[C@H](N(C)CCc3cn([C@H](CF)[C@H](OC)c4ccc(-c5ccc(C(N)=O)nc5)cc4)nn3)[C@H]2O)[C@](C)(OC)C[C@@H](C)/C(=N\OCOC)[C@H](C)[C@@H](O)[C@]1(C)O. The van der Waals surface area contributed by atoms with Crippen LogP contribution in [0.5, 0.6) is 0 Å². The van der Waals surface area contributed by atoms with Gasteiger partial charge in [0, 0.05) is 76.0 Å². The summed E-state index contributed by atoms with van der Waals surface area (Å²) in [6, 6.07) is 9.33. The summed E-state index contributed by atoms with van der Waals surface area (Å²) in [5.41, 5.74) is 5.42. The van der Waals surface area contributed by atoms with Crippen molar-refractivity contribution in [2.75, 3.05) is 48.4 Å². The minimum absolute atomic E-state index is 0.128. The molecule has 1 aromatic carbocycles. The Morgan fingerprint density at radius 1 is 1.04 bits per heavy atom. The lowest BCUT2D eigenvalue weighted by Gasteiger charge is -2.47. The number of aromatic nitrogens is 4. The van der Waals surface area contributed by atoms with Gasteiger partial charge in [-0.1, -0.05) is 68.4 Å². The molecule has 2 fully saturated rings. The van der Waals surface area contributed by atoms with Crippen molar-refractivity contribution >= 4 is 23.4 Å². The van der Waals surface area contributed by atoms with Gasteiger partial charge in [-0.25, -0.2) is 9.07 Å². The number of hydrogen-bond acceptors (Lipinski definition) is 18. The Bertz CT molecular complexity index is 2270. The molecule has 5 N–H and O–H groups in total. The molecular formula is C51H76FN7O13. The average molecular weight is 1010 g/mol. The summed E-state index contributed by atoms with van der Waals surface area (Å²) < 4.78 is 52.3. The van der Waals surface area contributed by atoms with E-state index in [4.69, 9.17) is 39.0 Å². The van der Waals surface area contributed by atoms with Gasteiger partial charge in [-0.05, 0) is 71.2 Å². The molecule has 72 heavy (non-hydrogen) atoms. The van der Waals surface area contributed by atoms with Gasteiger partial charge in [0.25, 0.3) is 5.91 Å². The van der Waals surface area contributed by atoms with E-state index in [-0.39, 0.29) is 25.3 Å². The first-order valence-corrected chi connectivity index (χ1v) is 24.5. The molecule has 2 aliphatic heterocycles. The number of carbonyl (C=O) groups excluding carboxylic acids is 3. The van der Waals surface area contributed by atoms with E-state index in [0.29, 0.717) is 36.4 Å². The smallest absolute Gasteiger partial charge is 0.316 e. The van der Waals surface area contributed by atoms with Crippen LogP contribution in [0.3, 0.4) is 0 Å². The Balaban J connectivity index is 1.35. The van der Waals surface area contributed by atoms with Crippen LogP contribution in [0.4, 0.5) is 4.39 Å². The van der Waals surface area contributed by atoms with Gasteiger partial charge in [-0.15, -0.1) is 5.10 Å². The number of methoxy groups -OCH3 is 3. The van der Waals surface area contributed by atoms with Gasteiger partial charge in [-0.2, -0.15) is 0 Å². The largest absolute Gasteiger partial charge is 0.459 e. The molecule has 0 spiro atoms. The zero-order chi connectivity index (χ0) is 53.2. The molecule has 0 bridgehead atoms. The van der Waals surface area contributed by atoms with Crippen LogP contribution in [0, 0.1) is 23.7 Å². The summed E-state index contributed by atoms with van der Waals surface area (Å²) in [6.07, 6.45) is -3.16. The molecule has 5 rings (SSSR count). The normalized spacial score (nSPS) is 32.5. The second-order valence-corrected chi connectivity index (χ2v) is 19.8. The number of nitrogens with zero attached hydrogens (tertiary/aromatic N) is 6. The Morgan fingerprint density at radius 2 is 1.72 bits per heavy atom. The Morgan fingerprint density at radius 3 is 2.31 bits per heavy atom. The molecule has 20 nitrogen and oxygen atoms in total. The van der Waals surface area contributed by atoms with Crippen molar-refractivity contribution in [2.45, 2.75) is 147 Å². The third kappa shape index (κ3) is 13.3. The summed E-state index contributed by atoms with van der Waals surface area (Å²) in [5, 5.41) is 48.6. The quantitative estimate of drug-likeness (QED) is 0.0453. The molecule has 0 unspecified atom stereocenters. The van der Waals surface area contributed by atoms with E-state index in [1.807, 2.05) is 50.1 Å². The molecule has 4 heterocycles. The second-order valence-electron chi connectivity index (χ2n) is 19.8. The van der Waals surface area contributed by atoms with Crippen molar-refractivity contribution in [1.82, 2.24) is 24.9 Å². The summed E-state index contributed by atoms with van der Waals surface area (Å²) in [7, 11) is 6.26. The zero-order valence-electron chi connectivity index (χ0n) is 43.6. The second kappa shape index (κ2) is 25.4. The van der Waals surface area contributed by atoms with Crippen molar-refractivity contribution in [3.05, 3.63) is 65.7 Å². The predicted molar refractivity (Wildman–Crippen MR) is 262 cm³/mol. The minimum atomic E-state index is -1.96. The first-order valence-electron chi connectivity index (χ1n) is 24.5.